The van der Waals surface area contributed by atoms with Crippen molar-refractivity contribution < 1.29 is 9.53 Å². The van der Waals surface area contributed by atoms with Gasteiger partial charge in [0.1, 0.15) is 5.82 Å². The molecule has 2 heterocycles. The standard InChI is InChI=1S/C15H19N3O2/c1-2-20-15(19)18-9-5-6-11(10-18)14-16-12-7-3-4-8-13(12)17-14/h3-4,7-8,11H,2,5-6,9-10H2,1H3,(H,16,17). The summed E-state index contributed by atoms with van der Waals surface area (Å²) < 4.78 is 5.08. The molecule has 0 radical (unpaired) electrons. The monoisotopic (exact) mass is 273 g/mol. The molecule has 0 saturated carbocycles. The van der Waals surface area contributed by atoms with Gasteiger partial charge in [0.15, 0.2) is 0 Å². The SMILES string of the molecule is CCOC(=O)N1CCCC(c2nc3ccccc3[nH]2)C1. The summed E-state index contributed by atoms with van der Waals surface area (Å²) in [7, 11) is 0. The molecule has 1 aromatic carbocycles. The molecule has 1 amide bonds. The van der Waals surface area contributed by atoms with Crippen LogP contribution in [0.4, 0.5) is 4.79 Å². The number of hydrogen-bond acceptors (Lipinski definition) is 3. The summed E-state index contributed by atoms with van der Waals surface area (Å²) in [4.78, 5) is 21.6. The Balaban J connectivity index is 1.77. The van der Waals surface area contributed by atoms with Gasteiger partial charge < -0.3 is 14.6 Å². The maximum Gasteiger partial charge on any atom is 0.409 e. The van der Waals surface area contributed by atoms with Gasteiger partial charge in [0.2, 0.25) is 0 Å². The number of ether oxygens (including phenoxy) is 1. The Kier molecular flexibility index (Phi) is 3.58. The Labute approximate surface area is 117 Å². The largest absolute Gasteiger partial charge is 0.450 e. The number of fused-ring (bicyclic) bond motifs is 1. The molecule has 1 N–H and O–H groups in total. The van der Waals surface area contributed by atoms with Gasteiger partial charge in [-0.15, -0.1) is 0 Å². The van der Waals surface area contributed by atoms with E-state index >= 15 is 0 Å². The summed E-state index contributed by atoms with van der Waals surface area (Å²) in [6.45, 7) is 3.71. The normalized spacial score (nSPS) is 19.2. The van der Waals surface area contributed by atoms with Crippen molar-refractivity contribution in [2.24, 2.45) is 0 Å². The van der Waals surface area contributed by atoms with Crippen molar-refractivity contribution in [2.75, 3.05) is 19.7 Å². The van der Waals surface area contributed by atoms with Crippen LogP contribution in [0.25, 0.3) is 11.0 Å². The molecule has 1 unspecified atom stereocenters. The Morgan fingerprint density at radius 1 is 1.50 bits per heavy atom. The summed E-state index contributed by atoms with van der Waals surface area (Å²) in [5, 5.41) is 0. The van der Waals surface area contributed by atoms with Crippen LogP contribution in [0.2, 0.25) is 0 Å². The zero-order valence-electron chi connectivity index (χ0n) is 11.6. The van der Waals surface area contributed by atoms with Gasteiger partial charge in [-0.05, 0) is 31.9 Å². The van der Waals surface area contributed by atoms with E-state index in [4.69, 9.17) is 4.74 Å². The van der Waals surface area contributed by atoms with Gasteiger partial charge >= 0.3 is 6.09 Å². The zero-order valence-corrected chi connectivity index (χ0v) is 11.6. The van der Waals surface area contributed by atoms with Crippen LogP contribution in [-0.2, 0) is 4.74 Å². The maximum atomic E-state index is 11.8. The summed E-state index contributed by atoms with van der Waals surface area (Å²) in [5.41, 5.74) is 2.03. The number of imidazole rings is 1. The molecule has 1 aliphatic heterocycles. The van der Waals surface area contributed by atoms with Gasteiger partial charge in [-0.1, -0.05) is 12.1 Å². The number of carbonyl (C=O) groups is 1. The third kappa shape index (κ3) is 2.48. The lowest BCUT2D eigenvalue weighted by atomic mass is 9.98. The van der Waals surface area contributed by atoms with Gasteiger partial charge in [-0.2, -0.15) is 0 Å². The molecular formula is C15H19N3O2. The molecule has 1 aliphatic rings. The van der Waals surface area contributed by atoms with E-state index in [0.717, 1.165) is 36.2 Å². The third-order valence-corrected chi connectivity index (χ3v) is 3.74. The molecule has 1 fully saturated rings. The van der Waals surface area contributed by atoms with Crippen LogP contribution in [0.15, 0.2) is 24.3 Å². The molecule has 5 nitrogen and oxygen atoms in total. The molecule has 106 valence electrons. The van der Waals surface area contributed by atoms with Gasteiger partial charge in [-0.25, -0.2) is 9.78 Å². The first-order valence-corrected chi connectivity index (χ1v) is 7.14. The number of rotatable bonds is 2. The number of benzene rings is 1. The van der Waals surface area contributed by atoms with Crippen molar-refractivity contribution in [3.8, 4) is 0 Å². The zero-order chi connectivity index (χ0) is 13.9. The van der Waals surface area contributed by atoms with Crippen LogP contribution in [0.5, 0.6) is 0 Å². The number of H-pyrrole nitrogens is 1. The lowest BCUT2D eigenvalue weighted by Crippen LogP contribution is -2.39. The van der Waals surface area contributed by atoms with Crippen molar-refractivity contribution in [3.05, 3.63) is 30.1 Å². The average Bonchev–Trinajstić information content (AvgIpc) is 2.91. The van der Waals surface area contributed by atoms with Crippen molar-refractivity contribution in [3.63, 3.8) is 0 Å². The fraction of sp³-hybridized carbons (Fsp3) is 0.467. The summed E-state index contributed by atoms with van der Waals surface area (Å²) in [6.07, 6.45) is 1.82. The van der Waals surface area contributed by atoms with Crippen LogP contribution in [-0.4, -0.2) is 40.7 Å². The minimum atomic E-state index is -0.215. The Morgan fingerprint density at radius 3 is 3.15 bits per heavy atom. The predicted molar refractivity (Wildman–Crippen MR) is 76.7 cm³/mol. The summed E-state index contributed by atoms with van der Waals surface area (Å²) >= 11 is 0. The fourth-order valence-electron chi connectivity index (χ4n) is 2.75. The molecule has 1 aromatic heterocycles. The van der Waals surface area contributed by atoms with Crippen molar-refractivity contribution in [2.45, 2.75) is 25.7 Å². The number of aromatic amines is 1. The first-order chi connectivity index (χ1) is 9.78. The molecule has 20 heavy (non-hydrogen) atoms. The van der Waals surface area contributed by atoms with E-state index in [0.29, 0.717) is 13.2 Å². The minimum Gasteiger partial charge on any atom is -0.450 e. The van der Waals surface area contributed by atoms with Gasteiger partial charge in [0.25, 0.3) is 0 Å². The third-order valence-electron chi connectivity index (χ3n) is 3.74. The summed E-state index contributed by atoms with van der Waals surface area (Å²) in [6, 6.07) is 8.01. The topological polar surface area (TPSA) is 58.2 Å². The Bertz CT molecular complexity index is 575. The van der Waals surface area contributed by atoms with Crippen LogP contribution in [0.1, 0.15) is 31.5 Å². The number of para-hydroxylation sites is 2. The first-order valence-electron chi connectivity index (χ1n) is 7.14. The minimum absolute atomic E-state index is 0.215. The number of amides is 1. The first kappa shape index (κ1) is 13.0. The van der Waals surface area contributed by atoms with E-state index in [1.165, 1.54) is 0 Å². The molecular weight excluding hydrogens is 254 g/mol. The smallest absolute Gasteiger partial charge is 0.409 e. The lowest BCUT2D eigenvalue weighted by Gasteiger charge is -2.30. The van der Waals surface area contributed by atoms with E-state index in [1.54, 1.807) is 4.90 Å². The van der Waals surface area contributed by atoms with Gasteiger partial charge in [-0.3, -0.25) is 0 Å². The number of piperidine rings is 1. The molecule has 3 rings (SSSR count). The van der Waals surface area contributed by atoms with E-state index in [9.17, 15) is 4.79 Å². The van der Waals surface area contributed by atoms with Gasteiger partial charge in [0.05, 0.1) is 17.6 Å². The highest BCUT2D eigenvalue weighted by Crippen LogP contribution is 2.26. The quantitative estimate of drug-likeness (QED) is 0.915. The highest BCUT2D eigenvalue weighted by Gasteiger charge is 2.27. The molecule has 1 atom stereocenters. The second-order valence-corrected chi connectivity index (χ2v) is 5.12. The van der Waals surface area contributed by atoms with E-state index < -0.39 is 0 Å². The predicted octanol–water partition coefficient (Wildman–Crippen LogP) is 2.90. The Morgan fingerprint density at radius 2 is 2.35 bits per heavy atom. The molecule has 2 aromatic rings. The molecule has 1 saturated heterocycles. The molecule has 0 aliphatic carbocycles. The lowest BCUT2D eigenvalue weighted by molar-refractivity contribution is 0.0953. The second-order valence-electron chi connectivity index (χ2n) is 5.12. The number of carbonyl (C=O) groups excluding carboxylic acids is 1. The summed E-state index contributed by atoms with van der Waals surface area (Å²) in [5.74, 6) is 1.24. The number of aromatic nitrogens is 2. The highest BCUT2D eigenvalue weighted by molar-refractivity contribution is 5.75. The number of hydrogen-bond donors (Lipinski definition) is 1. The van der Waals surface area contributed by atoms with Crippen molar-refractivity contribution in [1.82, 2.24) is 14.9 Å². The van der Waals surface area contributed by atoms with Crippen LogP contribution in [0.3, 0.4) is 0 Å². The Hall–Kier alpha value is -2.04. The van der Waals surface area contributed by atoms with Gasteiger partial charge in [0, 0.05) is 19.0 Å². The van der Waals surface area contributed by atoms with E-state index in [1.807, 2.05) is 31.2 Å². The average molecular weight is 273 g/mol. The van der Waals surface area contributed by atoms with Crippen LogP contribution < -0.4 is 0 Å². The van der Waals surface area contributed by atoms with E-state index in [2.05, 4.69) is 9.97 Å². The maximum absolute atomic E-state index is 11.8. The fourth-order valence-corrected chi connectivity index (χ4v) is 2.75. The molecule has 0 spiro atoms. The molecule has 5 heteroatoms. The number of nitrogens with one attached hydrogen (secondary N) is 1. The number of nitrogens with zero attached hydrogens (tertiary/aromatic N) is 2. The van der Waals surface area contributed by atoms with Crippen LogP contribution in [0, 0.1) is 0 Å². The second kappa shape index (κ2) is 5.53. The van der Waals surface area contributed by atoms with Crippen LogP contribution >= 0.6 is 0 Å². The molecule has 0 bridgehead atoms. The highest BCUT2D eigenvalue weighted by atomic mass is 16.6. The van der Waals surface area contributed by atoms with E-state index in [-0.39, 0.29) is 12.0 Å². The van der Waals surface area contributed by atoms with Crippen molar-refractivity contribution in [1.29, 1.82) is 0 Å². The van der Waals surface area contributed by atoms with Crippen molar-refractivity contribution >= 4 is 17.1 Å². The number of likely N-dealkylation sites (tertiary alicyclic amines) is 1.